The maximum Gasteiger partial charge on any atom is 0.335 e. The molecular formula is C14H11ClFNO3. The Kier molecular flexibility index (Phi) is 4.10. The van der Waals surface area contributed by atoms with Crippen LogP contribution in [0.25, 0.3) is 0 Å². The first kappa shape index (κ1) is 14.1. The fourth-order valence-electron chi connectivity index (χ4n) is 1.61. The second-order valence-electron chi connectivity index (χ2n) is 4.06. The molecule has 0 radical (unpaired) electrons. The number of halogens is 2. The third-order valence-electron chi connectivity index (χ3n) is 2.68. The van der Waals surface area contributed by atoms with Crippen LogP contribution in [0.1, 0.15) is 15.9 Å². The van der Waals surface area contributed by atoms with Crippen molar-refractivity contribution >= 4 is 23.3 Å². The fourth-order valence-corrected chi connectivity index (χ4v) is 1.80. The van der Waals surface area contributed by atoms with Gasteiger partial charge in [0.15, 0.2) is 0 Å². The Balaban J connectivity index is 2.20. The number of anilines is 1. The molecule has 0 spiro atoms. The Morgan fingerprint density at radius 3 is 2.80 bits per heavy atom. The van der Waals surface area contributed by atoms with Gasteiger partial charge in [-0.2, -0.15) is 0 Å². The third-order valence-corrected chi connectivity index (χ3v) is 2.97. The van der Waals surface area contributed by atoms with Crippen molar-refractivity contribution in [1.82, 2.24) is 0 Å². The van der Waals surface area contributed by atoms with Crippen LogP contribution in [0.5, 0.6) is 5.75 Å². The molecule has 2 aromatic rings. The molecule has 0 saturated carbocycles. The topological polar surface area (TPSA) is 72.6 Å². The van der Waals surface area contributed by atoms with Gasteiger partial charge in [-0.3, -0.25) is 0 Å². The molecule has 0 aliphatic carbocycles. The molecule has 0 aromatic heterocycles. The lowest BCUT2D eigenvalue weighted by molar-refractivity contribution is 0.0696. The molecule has 0 atom stereocenters. The van der Waals surface area contributed by atoms with E-state index in [1.807, 2.05) is 0 Å². The molecule has 6 heteroatoms. The van der Waals surface area contributed by atoms with E-state index < -0.39 is 11.8 Å². The van der Waals surface area contributed by atoms with Crippen LogP contribution in [0.4, 0.5) is 10.1 Å². The maximum atomic E-state index is 13.7. The van der Waals surface area contributed by atoms with E-state index in [1.165, 1.54) is 30.3 Å². The molecule has 0 bridgehead atoms. The van der Waals surface area contributed by atoms with Gasteiger partial charge in [-0.05, 0) is 24.3 Å². The molecule has 0 amide bonds. The Bertz CT molecular complexity index is 661. The summed E-state index contributed by atoms with van der Waals surface area (Å²) >= 11 is 5.66. The fraction of sp³-hybridized carbons (Fsp3) is 0.0714. The van der Waals surface area contributed by atoms with Crippen molar-refractivity contribution in [1.29, 1.82) is 0 Å². The van der Waals surface area contributed by atoms with E-state index in [1.54, 1.807) is 6.07 Å². The van der Waals surface area contributed by atoms with Crippen molar-refractivity contribution in [3.05, 3.63) is 58.4 Å². The summed E-state index contributed by atoms with van der Waals surface area (Å²) in [4.78, 5) is 10.9. The van der Waals surface area contributed by atoms with Gasteiger partial charge < -0.3 is 15.6 Å². The molecule has 0 heterocycles. The quantitative estimate of drug-likeness (QED) is 0.849. The van der Waals surface area contributed by atoms with Crippen LogP contribution in [-0.4, -0.2) is 11.1 Å². The lowest BCUT2D eigenvalue weighted by atomic mass is 10.2. The van der Waals surface area contributed by atoms with E-state index in [9.17, 15) is 9.18 Å². The number of carbonyl (C=O) groups is 1. The van der Waals surface area contributed by atoms with Crippen LogP contribution >= 0.6 is 11.6 Å². The number of nitrogens with two attached hydrogens (primary N) is 1. The highest BCUT2D eigenvalue weighted by molar-refractivity contribution is 6.30. The zero-order valence-corrected chi connectivity index (χ0v) is 11.0. The molecule has 2 aromatic carbocycles. The van der Waals surface area contributed by atoms with Crippen LogP contribution in [0.3, 0.4) is 0 Å². The van der Waals surface area contributed by atoms with E-state index in [0.717, 1.165) is 0 Å². The monoisotopic (exact) mass is 295 g/mol. The van der Waals surface area contributed by atoms with Crippen LogP contribution < -0.4 is 10.5 Å². The normalized spacial score (nSPS) is 10.3. The number of ether oxygens (including phenoxy) is 1. The summed E-state index contributed by atoms with van der Waals surface area (Å²) in [5.74, 6) is -1.48. The number of hydrogen-bond acceptors (Lipinski definition) is 3. The van der Waals surface area contributed by atoms with Gasteiger partial charge in [0.05, 0.1) is 16.3 Å². The van der Waals surface area contributed by atoms with E-state index in [4.69, 9.17) is 27.2 Å². The maximum absolute atomic E-state index is 13.7. The van der Waals surface area contributed by atoms with Gasteiger partial charge in [-0.15, -0.1) is 0 Å². The summed E-state index contributed by atoms with van der Waals surface area (Å²) in [7, 11) is 0. The number of carboxylic acid groups (broad SMARTS) is 1. The van der Waals surface area contributed by atoms with Crippen molar-refractivity contribution in [3.63, 3.8) is 0 Å². The van der Waals surface area contributed by atoms with Crippen molar-refractivity contribution in [3.8, 4) is 5.75 Å². The Labute approximate surface area is 119 Å². The molecule has 20 heavy (non-hydrogen) atoms. The smallest absolute Gasteiger partial charge is 0.335 e. The minimum atomic E-state index is -1.09. The predicted octanol–water partition coefficient (Wildman–Crippen LogP) is 3.34. The first-order valence-electron chi connectivity index (χ1n) is 5.67. The molecule has 2 rings (SSSR count). The third kappa shape index (κ3) is 3.00. The van der Waals surface area contributed by atoms with Crippen molar-refractivity contribution in [2.24, 2.45) is 0 Å². The van der Waals surface area contributed by atoms with E-state index in [0.29, 0.717) is 0 Å². The molecule has 3 N–H and O–H groups in total. The van der Waals surface area contributed by atoms with Crippen LogP contribution in [0.15, 0.2) is 36.4 Å². The molecular weight excluding hydrogens is 285 g/mol. The van der Waals surface area contributed by atoms with Crippen LogP contribution in [-0.2, 0) is 6.61 Å². The number of aromatic carboxylic acids is 1. The van der Waals surface area contributed by atoms with Crippen LogP contribution in [0, 0.1) is 5.82 Å². The zero-order chi connectivity index (χ0) is 14.7. The standard InChI is InChI=1S/C14H11ClFNO3/c15-10-3-1-2-9(13(10)16)7-20-12-6-8(14(18)19)4-5-11(12)17/h1-6H,7,17H2,(H,18,19). The van der Waals surface area contributed by atoms with Gasteiger partial charge in [0.2, 0.25) is 0 Å². The lowest BCUT2D eigenvalue weighted by Crippen LogP contribution is -2.03. The molecule has 0 aliphatic rings. The number of benzene rings is 2. The lowest BCUT2D eigenvalue weighted by Gasteiger charge is -2.10. The second-order valence-corrected chi connectivity index (χ2v) is 4.47. The molecule has 104 valence electrons. The number of nitrogen functional groups attached to an aromatic ring is 1. The first-order chi connectivity index (χ1) is 9.49. The average Bonchev–Trinajstić information content (AvgIpc) is 2.41. The highest BCUT2D eigenvalue weighted by Crippen LogP contribution is 2.25. The first-order valence-corrected chi connectivity index (χ1v) is 6.05. The van der Waals surface area contributed by atoms with Gasteiger partial charge in [-0.1, -0.05) is 23.7 Å². The molecule has 4 nitrogen and oxygen atoms in total. The number of rotatable bonds is 4. The zero-order valence-electron chi connectivity index (χ0n) is 10.3. The molecule has 0 aliphatic heterocycles. The minimum Gasteiger partial charge on any atom is -0.487 e. The van der Waals surface area contributed by atoms with Gasteiger partial charge in [-0.25, -0.2) is 9.18 Å². The van der Waals surface area contributed by atoms with Gasteiger partial charge in [0.25, 0.3) is 0 Å². The van der Waals surface area contributed by atoms with Gasteiger partial charge in [0.1, 0.15) is 18.2 Å². The number of carboxylic acids is 1. The molecule has 0 fully saturated rings. The van der Waals surface area contributed by atoms with Crippen molar-refractivity contribution < 1.29 is 19.0 Å². The highest BCUT2D eigenvalue weighted by atomic mass is 35.5. The predicted molar refractivity (Wildman–Crippen MR) is 73.6 cm³/mol. The summed E-state index contributed by atoms with van der Waals surface area (Å²) in [5, 5.41) is 8.89. The summed E-state index contributed by atoms with van der Waals surface area (Å²) in [5.41, 5.74) is 6.26. The minimum absolute atomic E-state index is 0.00152. The largest absolute Gasteiger partial charge is 0.487 e. The Hall–Kier alpha value is -2.27. The average molecular weight is 296 g/mol. The Morgan fingerprint density at radius 2 is 2.10 bits per heavy atom. The molecule has 0 saturated heterocycles. The van der Waals surface area contributed by atoms with Gasteiger partial charge in [0, 0.05) is 5.56 Å². The summed E-state index contributed by atoms with van der Waals surface area (Å²) in [6, 6.07) is 8.64. The number of hydrogen-bond donors (Lipinski definition) is 2. The van der Waals surface area contributed by atoms with E-state index >= 15 is 0 Å². The summed E-state index contributed by atoms with van der Waals surface area (Å²) < 4.78 is 19.0. The summed E-state index contributed by atoms with van der Waals surface area (Å²) in [6.45, 7) is -0.0976. The Morgan fingerprint density at radius 1 is 1.35 bits per heavy atom. The van der Waals surface area contributed by atoms with Crippen LogP contribution in [0.2, 0.25) is 5.02 Å². The van der Waals surface area contributed by atoms with Gasteiger partial charge >= 0.3 is 5.97 Å². The van der Waals surface area contributed by atoms with Crippen molar-refractivity contribution in [2.45, 2.75) is 6.61 Å². The van der Waals surface area contributed by atoms with Crippen molar-refractivity contribution in [2.75, 3.05) is 5.73 Å². The molecule has 0 unspecified atom stereocenters. The summed E-state index contributed by atoms with van der Waals surface area (Å²) in [6.07, 6.45) is 0. The SMILES string of the molecule is Nc1ccc(C(=O)O)cc1OCc1cccc(Cl)c1F. The highest BCUT2D eigenvalue weighted by Gasteiger charge is 2.10. The van der Waals surface area contributed by atoms with E-state index in [-0.39, 0.29) is 34.2 Å². The second kappa shape index (κ2) is 5.79. The van der Waals surface area contributed by atoms with E-state index in [2.05, 4.69) is 0 Å².